The van der Waals surface area contributed by atoms with Gasteiger partial charge < -0.3 is 5.73 Å². The van der Waals surface area contributed by atoms with Crippen molar-refractivity contribution in [2.24, 2.45) is 11.7 Å². The number of hydrogen-bond acceptors (Lipinski definition) is 2. The minimum atomic E-state index is 0.486. The number of hydrogen-bond donors (Lipinski definition) is 1. The summed E-state index contributed by atoms with van der Waals surface area (Å²) in [4.78, 5) is 0. The van der Waals surface area contributed by atoms with E-state index in [9.17, 15) is 0 Å². The zero-order valence-electron chi connectivity index (χ0n) is 6.68. The van der Waals surface area contributed by atoms with Crippen molar-refractivity contribution in [3.8, 4) is 0 Å². The van der Waals surface area contributed by atoms with Gasteiger partial charge in [-0.3, -0.25) is 0 Å². The van der Waals surface area contributed by atoms with Crippen molar-refractivity contribution < 1.29 is 0 Å². The van der Waals surface area contributed by atoms with Gasteiger partial charge in [0, 0.05) is 6.04 Å². The van der Waals surface area contributed by atoms with Gasteiger partial charge in [0.25, 0.3) is 0 Å². The molecule has 1 saturated carbocycles. The predicted molar refractivity (Wildman–Crippen MR) is 48.3 cm³/mol. The van der Waals surface area contributed by atoms with E-state index in [1.807, 2.05) is 11.8 Å². The third kappa shape index (κ3) is 3.47. The first-order chi connectivity index (χ1) is 4.83. The molecule has 1 atom stereocenters. The zero-order valence-corrected chi connectivity index (χ0v) is 7.49. The summed E-state index contributed by atoms with van der Waals surface area (Å²) < 4.78 is 0. The first kappa shape index (κ1) is 8.41. The average molecular weight is 159 g/mol. The molecule has 0 amide bonds. The molecular formula is C8H17NS. The van der Waals surface area contributed by atoms with Crippen LogP contribution in [0.2, 0.25) is 0 Å². The lowest BCUT2D eigenvalue weighted by Gasteiger charge is -2.08. The van der Waals surface area contributed by atoms with Crippen molar-refractivity contribution >= 4 is 11.8 Å². The van der Waals surface area contributed by atoms with Crippen LogP contribution in [0.1, 0.15) is 25.7 Å². The lowest BCUT2D eigenvalue weighted by Crippen LogP contribution is -2.21. The molecule has 0 aromatic carbocycles. The minimum Gasteiger partial charge on any atom is -0.328 e. The van der Waals surface area contributed by atoms with Gasteiger partial charge in [0.2, 0.25) is 0 Å². The van der Waals surface area contributed by atoms with E-state index in [1.54, 1.807) is 0 Å². The molecule has 1 fully saturated rings. The van der Waals surface area contributed by atoms with Gasteiger partial charge in [0.1, 0.15) is 0 Å². The van der Waals surface area contributed by atoms with Crippen LogP contribution >= 0.6 is 11.8 Å². The second kappa shape index (κ2) is 4.24. The number of nitrogens with two attached hydrogens (primary N) is 1. The summed E-state index contributed by atoms with van der Waals surface area (Å²) >= 11 is 1.90. The SMILES string of the molecule is CSCCC(N)CC1CC1. The van der Waals surface area contributed by atoms with Crippen molar-refractivity contribution in [3.63, 3.8) is 0 Å². The molecule has 10 heavy (non-hydrogen) atoms. The van der Waals surface area contributed by atoms with Gasteiger partial charge in [0.15, 0.2) is 0 Å². The standard InChI is InChI=1S/C8H17NS/c1-10-5-4-8(9)6-7-2-3-7/h7-8H,2-6,9H2,1H3. The Bertz CT molecular complexity index is 91.3. The number of thioether (sulfide) groups is 1. The van der Waals surface area contributed by atoms with Crippen LogP contribution in [0.3, 0.4) is 0 Å². The molecule has 1 rings (SSSR count). The molecule has 0 heterocycles. The maximum atomic E-state index is 5.89. The predicted octanol–water partition coefficient (Wildman–Crippen LogP) is 1.87. The quantitative estimate of drug-likeness (QED) is 0.662. The van der Waals surface area contributed by atoms with Gasteiger partial charge >= 0.3 is 0 Å². The Morgan fingerprint density at radius 3 is 2.80 bits per heavy atom. The Kier molecular flexibility index (Phi) is 3.57. The van der Waals surface area contributed by atoms with Crippen molar-refractivity contribution in [2.45, 2.75) is 31.7 Å². The van der Waals surface area contributed by atoms with Crippen LogP contribution in [-0.2, 0) is 0 Å². The van der Waals surface area contributed by atoms with E-state index in [2.05, 4.69) is 6.26 Å². The van der Waals surface area contributed by atoms with Crippen LogP contribution in [0.5, 0.6) is 0 Å². The van der Waals surface area contributed by atoms with Crippen LogP contribution < -0.4 is 5.73 Å². The smallest absolute Gasteiger partial charge is 0.00493 e. The van der Waals surface area contributed by atoms with E-state index in [0.717, 1.165) is 5.92 Å². The van der Waals surface area contributed by atoms with Crippen molar-refractivity contribution in [1.82, 2.24) is 0 Å². The Morgan fingerprint density at radius 2 is 2.30 bits per heavy atom. The van der Waals surface area contributed by atoms with Crippen LogP contribution in [-0.4, -0.2) is 18.1 Å². The fourth-order valence-electron chi connectivity index (χ4n) is 1.17. The summed E-state index contributed by atoms with van der Waals surface area (Å²) in [7, 11) is 0. The van der Waals surface area contributed by atoms with E-state index in [0.29, 0.717) is 6.04 Å². The van der Waals surface area contributed by atoms with Crippen LogP contribution in [0.25, 0.3) is 0 Å². The van der Waals surface area contributed by atoms with Gasteiger partial charge in [-0.05, 0) is 30.8 Å². The first-order valence-electron chi connectivity index (χ1n) is 4.07. The molecule has 0 radical (unpaired) electrons. The molecular weight excluding hydrogens is 142 g/mol. The summed E-state index contributed by atoms with van der Waals surface area (Å²) in [5.41, 5.74) is 5.89. The van der Waals surface area contributed by atoms with E-state index < -0.39 is 0 Å². The fourth-order valence-corrected chi connectivity index (χ4v) is 1.71. The maximum absolute atomic E-state index is 5.89. The molecule has 1 aliphatic carbocycles. The molecule has 1 nitrogen and oxygen atoms in total. The van der Waals surface area contributed by atoms with E-state index in [-0.39, 0.29) is 0 Å². The summed E-state index contributed by atoms with van der Waals surface area (Å²) in [6.07, 6.45) is 7.50. The molecule has 0 bridgehead atoms. The van der Waals surface area contributed by atoms with Gasteiger partial charge in [-0.25, -0.2) is 0 Å². The zero-order chi connectivity index (χ0) is 7.40. The Balaban J connectivity index is 1.91. The molecule has 0 aliphatic heterocycles. The molecule has 0 aromatic rings. The molecule has 2 heteroatoms. The fraction of sp³-hybridized carbons (Fsp3) is 1.00. The van der Waals surface area contributed by atoms with Gasteiger partial charge in [-0.2, -0.15) is 11.8 Å². The van der Waals surface area contributed by atoms with Gasteiger partial charge in [-0.1, -0.05) is 12.8 Å². The van der Waals surface area contributed by atoms with E-state index >= 15 is 0 Å². The summed E-state index contributed by atoms with van der Waals surface area (Å²) in [6, 6.07) is 0.486. The first-order valence-corrected chi connectivity index (χ1v) is 5.47. The molecule has 0 saturated heterocycles. The van der Waals surface area contributed by atoms with Crippen LogP contribution in [0.4, 0.5) is 0 Å². The molecule has 60 valence electrons. The van der Waals surface area contributed by atoms with Crippen molar-refractivity contribution in [3.05, 3.63) is 0 Å². The summed E-state index contributed by atoms with van der Waals surface area (Å²) in [5, 5.41) is 0. The van der Waals surface area contributed by atoms with Crippen molar-refractivity contribution in [2.75, 3.05) is 12.0 Å². The largest absolute Gasteiger partial charge is 0.328 e. The van der Waals surface area contributed by atoms with Gasteiger partial charge in [0.05, 0.1) is 0 Å². The molecule has 2 N–H and O–H groups in total. The Morgan fingerprint density at radius 1 is 1.60 bits per heavy atom. The van der Waals surface area contributed by atoms with Crippen molar-refractivity contribution in [1.29, 1.82) is 0 Å². The highest BCUT2D eigenvalue weighted by Crippen LogP contribution is 2.33. The highest BCUT2D eigenvalue weighted by molar-refractivity contribution is 7.98. The summed E-state index contributed by atoms with van der Waals surface area (Å²) in [5.74, 6) is 2.23. The maximum Gasteiger partial charge on any atom is 0.00493 e. The second-order valence-electron chi connectivity index (χ2n) is 3.22. The molecule has 0 aromatic heterocycles. The Labute approximate surface area is 67.8 Å². The Hall–Kier alpha value is 0.310. The lowest BCUT2D eigenvalue weighted by atomic mass is 10.1. The monoisotopic (exact) mass is 159 g/mol. The highest BCUT2D eigenvalue weighted by atomic mass is 32.2. The molecule has 0 spiro atoms. The third-order valence-electron chi connectivity index (χ3n) is 2.03. The van der Waals surface area contributed by atoms with Gasteiger partial charge in [-0.15, -0.1) is 0 Å². The van der Waals surface area contributed by atoms with E-state index in [1.165, 1.54) is 31.4 Å². The minimum absolute atomic E-state index is 0.486. The van der Waals surface area contributed by atoms with Crippen LogP contribution in [0.15, 0.2) is 0 Å². The van der Waals surface area contributed by atoms with E-state index in [4.69, 9.17) is 5.73 Å². The second-order valence-corrected chi connectivity index (χ2v) is 4.21. The third-order valence-corrected chi connectivity index (χ3v) is 2.67. The number of rotatable bonds is 5. The topological polar surface area (TPSA) is 26.0 Å². The summed E-state index contributed by atoms with van der Waals surface area (Å²) in [6.45, 7) is 0. The molecule has 1 unspecified atom stereocenters. The molecule has 1 aliphatic rings. The highest BCUT2D eigenvalue weighted by Gasteiger charge is 2.23. The normalized spacial score (nSPS) is 21.0. The lowest BCUT2D eigenvalue weighted by molar-refractivity contribution is 0.558. The van der Waals surface area contributed by atoms with Crippen LogP contribution in [0, 0.1) is 5.92 Å². The average Bonchev–Trinajstić information content (AvgIpc) is 2.67.